The Morgan fingerprint density at radius 1 is 1.25 bits per heavy atom. The lowest BCUT2D eigenvalue weighted by molar-refractivity contribution is -0.140. The standard InChI is InChI=1S/C14H20N4O2/c1-10-7-13(16-11(2)15-10)18-8-12(9-18)14(19)17-3-5-20-6-4-17/h7,12H,3-6,8-9H2,1-2H3. The third-order valence-electron chi connectivity index (χ3n) is 3.83. The highest BCUT2D eigenvalue weighted by Gasteiger charge is 2.36. The number of hydrogen-bond acceptors (Lipinski definition) is 5. The molecule has 1 aromatic rings. The highest BCUT2D eigenvalue weighted by Crippen LogP contribution is 2.25. The van der Waals surface area contributed by atoms with Crippen LogP contribution in [0.1, 0.15) is 11.5 Å². The van der Waals surface area contributed by atoms with E-state index in [9.17, 15) is 4.79 Å². The first-order valence-corrected chi connectivity index (χ1v) is 7.07. The second kappa shape index (κ2) is 5.36. The predicted molar refractivity (Wildman–Crippen MR) is 74.6 cm³/mol. The van der Waals surface area contributed by atoms with Gasteiger partial charge >= 0.3 is 0 Å². The number of morpholine rings is 1. The van der Waals surface area contributed by atoms with Gasteiger partial charge in [0.05, 0.1) is 19.1 Å². The first-order valence-electron chi connectivity index (χ1n) is 7.07. The third-order valence-corrected chi connectivity index (χ3v) is 3.83. The van der Waals surface area contributed by atoms with E-state index in [2.05, 4.69) is 14.9 Å². The molecule has 0 radical (unpaired) electrons. The summed E-state index contributed by atoms with van der Waals surface area (Å²) in [4.78, 5) is 25.1. The molecule has 0 saturated carbocycles. The van der Waals surface area contributed by atoms with Gasteiger partial charge in [0.15, 0.2) is 0 Å². The van der Waals surface area contributed by atoms with E-state index in [1.807, 2.05) is 24.8 Å². The molecular formula is C14H20N4O2. The van der Waals surface area contributed by atoms with Gasteiger partial charge in [0.1, 0.15) is 11.6 Å². The van der Waals surface area contributed by atoms with Crippen molar-refractivity contribution in [3.05, 3.63) is 17.6 Å². The maximum atomic E-state index is 12.3. The number of anilines is 1. The number of aryl methyl sites for hydroxylation is 2. The van der Waals surface area contributed by atoms with E-state index >= 15 is 0 Å². The molecule has 6 heteroatoms. The molecule has 2 saturated heterocycles. The number of ether oxygens (including phenoxy) is 1. The molecule has 0 aliphatic carbocycles. The van der Waals surface area contributed by atoms with Gasteiger partial charge in [-0.25, -0.2) is 9.97 Å². The van der Waals surface area contributed by atoms with Crippen LogP contribution in [0.15, 0.2) is 6.07 Å². The molecule has 0 atom stereocenters. The largest absolute Gasteiger partial charge is 0.378 e. The number of nitrogens with zero attached hydrogens (tertiary/aromatic N) is 4. The molecule has 108 valence electrons. The molecule has 0 aromatic carbocycles. The molecule has 0 N–H and O–H groups in total. The van der Waals surface area contributed by atoms with Crippen LogP contribution in [0.3, 0.4) is 0 Å². The fourth-order valence-electron chi connectivity index (χ4n) is 2.72. The summed E-state index contributed by atoms with van der Waals surface area (Å²) in [6.45, 7) is 8.14. The summed E-state index contributed by atoms with van der Waals surface area (Å²) >= 11 is 0. The molecule has 20 heavy (non-hydrogen) atoms. The Morgan fingerprint density at radius 3 is 2.60 bits per heavy atom. The fourth-order valence-corrected chi connectivity index (χ4v) is 2.72. The maximum absolute atomic E-state index is 12.3. The quantitative estimate of drug-likeness (QED) is 0.782. The fraction of sp³-hybridized carbons (Fsp3) is 0.643. The van der Waals surface area contributed by atoms with Crippen molar-refractivity contribution in [3.63, 3.8) is 0 Å². The van der Waals surface area contributed by atoms with Gasteiger partial charge in [-0.15, -0.1) is 0 Å². The number of hydrogen-bond donors (Lipinski definition) is 0. The van der Waals surface area contributed by atoms with Crippen molar-refractivity contribution in [2.45, 2.75) is 13.8 Å². The minimum atomic E-state index is 0.101. The normalized spacial score (nSPS) is 19.9. The zero-order valence-corrected chi connectivity index (χ0v) is 12.0. The molecular weight excluding hydrogens is 256 g/mol. The molecule has 1 amide bonds. The van der Waals surface area contributed by atoms with Crippen molar-refractivity contribution < 1.29 is 9.53 Å². The topological polar surface area (TPSA) is 58.6 Å². The first-order chi connectivity index (χ1) is 9.63. The van der Waals surface area contributed by atoms with Crippen molar-refractivity contribution in [1.29, 1.82) is 0 Å². The van der Waals surface area contributed by atoms with Crippen LogP contribution >= 0.6 is 0 Å². The third kappa shape index (κ3) is 2.60. The van der Waals surface area contributed by atoms with E-state index in [4.69, 9.17) is 4.74 Å². The van der Waals surface area contributed by atoms with Crippen LogP contribution in [0.5, 0.6) is 0 Å². The minimum Gasteiger partial charge on any atom is -0.378 e. The van der Waals surface area contributed by atoms with Gasteiger partial charge in [-0.05, 0) is 13.8 Å². The van der Waals surface area contributed by atoms with Gasteiger partial charge < -0.3 is 14.5 Å². The summed E-state index contributed by atoms with van der Waals surface area (Å²) in [5, 5.41) is 0. The molecule has 0 spiro atoms. The van der Waals surface area contributed by atoms with E-state index in [0.29, 0.717) is 13.2 Å². The van der Waals surface area contributed by atoms with Gasteiger partial charge in [-0.3, -0.25) is 4.79 Å². The Morgan fingerprint density at radius 2 is 1.95 bits per heavy atom. The lowest BCUT2D eigenvalue weighted by Gasteiger charge is -2.42. The summed E-state index contributed by atoms with van der Waals surface area (Å²) in [6.07, 6.45) is 0. The number of rotatable bonds is 2. The molecule has 0 unspecified atom stereocenters. The van der Waals surface area contributed by atoms with E-state index < -0.39 is 0 Å². The van der Waals surface area contributed by atoms with Gasteiger partial charge in [-0.1, -0.05) is 0 Å². The Hall–Kier alpha value is -1.69. The lowest BCUT2D eigenvalue weighted by Crippen LogP contribution is -2.56. The summed E-state index contributed by atoms with van der Waals surface area (Å²) in [7, 11) is 0. The van der Waals surface area contributed by atoms with Gasteiger partial charge in [0, 0.05) is 37.9 Å². The smallest absolute Gasteiger partial charge is 0.229 e. The number of amides is 1. The molecule has 6 nitrogen and oxygen atoms in total. The monoisotopic (exact) mass is 276 g/mol. The van der Waals surface area contributed by atoms with Crippen LogP contribution < -0.4 is 4.90 Å². The Balaban J connectivity index is 1.59. The zero-order chi connectivity index (χ0) is 14.1. The maximum Gasteiger partial charge on any atom is 0.229 e. The van der Waals surface area contributed by atoms with Crippen LogP contribution in [0.25, 0.3) is 0 Å². The number of aromatic nitrogens is 2. The van der Waals surface area contributed by atoms with Crippen LogP contribution in [0.2, 0.25) is 0 Å². The van der Waals surface area contributed by atoms with Crippen LogP contribution in [0.4, 0.5) is 5.82 Å². The highest BCUT2D eigenvalue weighted by molar-refractivity contribution is 5.82. The second-order valence-electron chi connectivity index (χ2n) is 5.45. The summed E-state index contributed by atoms with van der Waals surface area (Å²) < 4.78 is 5.28. The van der Waals surface area contributed by atoms with Crippen molar-refractivity contribution in [2.75, 3.05) is 44.3 Å². The van der Waals surface area contributed by atoms with Crippen molar-refractivity contribution in [2.24, 2.45) is 5.92 Å². The molecule has 2 fully saturated rings. The van der Waals surface area contributed by atoms with Crippen molar-refractivity contribution >= 4 is 11.7 Å². The Kier molecular flexibility index (Phi) is 3.56. The van der Waals surface area contributed by atoms with E-state index in [1.54, 1.807) is 0 Å². The SMILES string of the molecule is Cc1cc(N2CC(C(=O)N3CCOCC3)C2)nc(C)n1. The average molecular weight is 276 g/mol. The van der Waals surface area contributed by atoms with Crippen LogP contribution in [0, 0.1) is 19.8 Å². The second-order valence-corrected chi connectivity index (χ2v) is 5.45. The van der Waals surface area contributed by atoms with E-state index in [1.165, 1.54) is 0 Å². The van der Waals surface area contributed by atoms with Gasteiger partial charge in [0.2, 0.25) is 5.91 Å². The van der Waals surface area contributed by atoms with E-state index in [0.717, 1.165) is 43.5 Å². The molecule has 0 bridgehead atoms. The van der Waals surface area contributed by atoms with Crippen molar-refractivity contribution in [1.82, 2.24) is 14.9 Å². The van der Waals surface area contributed by atoms with Gasteiger partial charge in [-0.2, -0.15) is 0 Å². The van der Waals surface area contributed by atoms with Crippen LogP contribution in [-0.2, 0) is 9.53 Å². The van der Waals surface area contributed by atoms with E-state index in [-0.39, 0.29) is 11.8 Å². The van der Waals surface area contributed by atoms with Crippen LogP contribution in [-0.4, -0.2) is 60.2 Å². The lowest BCUT2D eigenvalue weighted by atomic mass is 9.98. The Labute approximate surface area is 118 Å². The molecule has 1 aromatic heterocycles. The summed E-state index contributed by atoms with van der Waals surface area (Å²) in [6, 6.07) is 1.97. The average Bonchev–Trinajstić information content (AvgIpc) is 2.36. The minimum absolute atomic E-state index is 0.101. The number of carbonyl (C=O) groups is 1. The first kappa shape index (κ1) is 13.3. The zero-order valence-electron chi connectivity index (χ0n) is 12.0. The predicted octanol–water partition coefficient (Wildman–Crippen LogP) is 0.388. The van der Waals surface area contributed by atoms with Crippen molar-refractivity contribution in [3.8, 4) is 0 Å². The molecule has 3 heterocycles. The highest BCUT2D eigenvalue weighted by atomic mass is 16.5. The Bertz CT molecular complexity index is 488. The van der Waals surface area contributed by atoms with Gasteiger partial charge in [0.25, 0.3) is 0 Å². The summed E-state index contributed by atoms with van der Waals surface area (Å²) in [5.74, 6) is 2.07. The molecule has 2 aliphatic rings. The number of carbonyl (C=O) groups excluding carboxylic acids is 1. The summed E-state index contributed by atoms with van der Waals surface area (Å²) in [5.41, 5.74) is 0.968. The molecule has 2 aliphatic heterocycles. The molecule has 3 rings (SSSR count).